The molecule has 6 nitrogen and oxygen atoms in total. The molecule has 0 saturated carbocycles. The van der Waals surface area contributed by atoms with E-state index in [1.165, 1.54) is 0 Å². The van der Waals surface area contributed by atoms with Crippen molar-refractivity contribution < 1.29 is 13.2 Å². The standard InChI is InChI=1S/C17H33N3O3S.HI/c1-13(2)10-18-16(19-11-14-6-8-24(21,22)12-14)20-15-5-7-23-17(3,4)9-15;/h13-15H,5-12H2,1-4H3,(H2,18,19,20);1H. The van der Waals surface area contributed by atoms with Gasteiger partial charge in [-0.05, 0) is 44.9 Å². The summed E-state index contributed by atoms with van der Waals surface area (Å²) in [6.07, 6.45) is 2.65. The number of hydrogen-bond donors (Lipinski definition) is 2. The van der Waals surface area contributed by atoms with Crippen LogP contribution in [0.1, 0.15) is 47.0 Å². The van der Waals surface area contributed by atoms with Crippen molar-refractivity contribution in [3.63, 3.8) is 0 Å². The van der Waals surface area contributed by atoms with Gasteiger partial charge in [0.2, 0.25) is 0 Å². The number of guanidine groups is 1. The highest BCUT2D eigenvalue weighted by molar-refractivity contribution is 14.0. The molecule has 2 aliphatic heterocycles. The lowest BCUT2D eigenvalue weighted by Crippen LogP contribution is -2.50. The third-order valence-electron chi connectivity index (χ3n) is 4.54. The zero-order chi connectivity index (χ0) is 17.8. The second-order valence-corrected chi connectivity index (χ2v) is 10.4. The largest absolute Gasteiger partial charge is 0.375 e. The quantitative estimate of drug-likeness (QED) is 0.353. The van der Waals surface area contributed by atoms with Crippen molar-refractivity contribution in [3.8, 4) is 0 Å². The molecule has 8 heteroatoms. The van der Waals surface area contributed by atoms with Gasteiger partial charge in [-0.2, -0.15) is 0 Å². The third-order valence-corrected chi connectivity index (χ3v) is 6.37. The lowest BCUT2D eigenvalue weighted by atomic mass is 9.94. The highest BCUT2D eigenvalue weighted by Gasteiger charge is 2.30. The summed E-state index contributed by atoms with van der Waals surface area (Å²) in [6.45, 7) is 10.7. The SMILES string of the molecule is CC(C)CN=C(NCC1CCS(=O)(=O)C1)NC1CCOC(C)(C)C1.I. The Morgan fingerprint density at radius 1 is 1.32 bits per heavy atom. The van der Waals surface area contributed by atoms with Crippen LogP contribution in [0.5, 0.6) is 0 Å². The van der Waals surface area contributed by atoms with Gasteiger partial charge in [0.1, 0.15) is 0 Å². The van der Waals surface area contributed by atoms with Gasteiger partial charge in [0.25, 0.3) is 0 Å². The van der Waals surface area contributed by atoms with Gasteiger partial charge >= 0.3 is 0 Å². The molecule has 25 heavy (non-hydrogen) atoms. The molecule has 2 rings (SSSR count). The Kier molecular flexibility index (Phi) is 8.93. The van der Waals surface area contributed by atoms with E-state index in [0.29, 0.717) is 30.0 Å². The molecular formula is C17H34IN3O3S. The molecule has 0 aromatic carbocycles. The second-order valence-electron chi connectivity index (χ2n) is 8.18. The molecule has 0 bridgehead atoms. The maximum Gasteiger partial charge on any atom is 0.191 e. The van der Waals surface area contributed by atoms with Gasteiger partial charge in [0.15, 0.2) is 15.8 Å². The Morgan fingerprint density at radius 3 is 2.60 bits per heavy atom. The number of aliphatic imine (C=N–C) groups is 1. The molecule has 0 aromatic rings. The normalized spacial score (nSPS) is 28.4. The predicted molar refractivity (Wildman–Crippen MR) is 114 cm³/mol. The van der Waals surface area contributed by atoms with Gasteiger partial charge in [-0.1, -0.05) is 13.8 Å². The van der Waals surface area contributed by atoms with Crippen LogP contribution in [-0.2, 0) is 14.6 Å². The molecule has 148 valence electrons. The van der Waals surface area contributed by atoms with Crippen LogP contribution >= 0.6 is 24.0 Å². The van der Waals surface area contributed by atoms with Crippen LogP contribution in [-0.4, -0.2) is 57.2 Å². The topological polar surface area (TPSA) is 79.8 Å². The third kappa shape index (κ3) is 8.43. The van der Waals surface area contributed by atoms with E-state index < -0.39 is 9.84 Å². The van der Waals surface area contributed by atoms with Crippen molar-refractivity contribution in [1.29, 1.82) is 0 Å². The summed E-state index contributed by atoms with van der Waals surface area (Å²) in [5.74, 6) is 2.09. The Balaban J connectivity index is 0.00000312. The van der Waals surface area contributed by atoms with Crippen LogP contribution in [0.25, 0.3) is 0 Å². The first kappa shape index (κ1) is 23.0. The zero-order valence-electron chi connectivity index (χ0n) is 15.9. The summed E-state index contributed by atoms with van der Waals surface area (Å²) < 4.78 is 29.0. The molecule has 2 aliphatic rings. The summed E-state index contributed by atoms with van der Waals surface area (Å²) >= 11 is 0. The summed E-state index contributed by atoms with van der Waals surface area (Å²) in [4.78, 5) is 4.67. The number of ether oxygens (including phenoxy) is 1. The molecule has 2 unspecified atom stereocenters. The molecular weight excluding hydrogens is 453 g/mol. The Morgan fingerprint density at radius 2 is 2.04 bits per heavy atom. The molecule has 0 aliphatic carbocycles. The van der Waals surface area contributed by atoms with Crippen molar-refractivity contribution in [2.24, 2.45) is 16.8 Å². The molecule has 0 amide bonds. The molecule has 2 fully saturated rings. The van der Waals surface area contributed by atoms with E-state index in [2.05, 4.69) is 43.3 Å². The van der Waals surface area contributed by atoms with Gasteiger partial charge < -0.3 is 15.4 Å². The first-order valence-corrected chi connectivity index (χ1v) is 10.9. The molecule has 2 saturated heterocycles. The van der Waals surface area contributed by atoms with Gasteiger partial charge in [-0.15, -0.1) is 24.0 Å². The van der Waals surface area contributed by atoms with Gasteiger partial charge in [0.05, 0.1) is 17.1 Å². The number of sulfone groups is 1. The lowest BCUT2D eigenvalue weighted by molar-refractivity contribution is -0.0605. The highest BCUT2D eigenvalue weighted by Crippen LogP contribution is 2.24. The van der Waals surface area contributed by atoms with Gasteiger partial charge in [-0.3, -0.25) is 4.99 Å². The van der Waals surface area contributed by atoms with Crippen LogP contribution in [0.2, 0.25) is 0 Å². The molecule has 0 spiro atoms. The molecule has 0 radical (unpaired) electrons. The summed E-state index contributed by atoms with van der Waals surface area (Å²) in [6, 6.07) is 0.333. The highest BCUT2D eigenvalue weighted by atomic mass is 127. The van der Waals surface area contributed by atoms with E-state index >= 15 is 0 Å². The van der Waals surface area contributed by atoms with Crippen LogP contribution in [0.4, 0.5) is 0 Å². The monoisotopic (exact) mass is 487 g/mol. The van der Waals surface area contributed by atoms with Crippen LogP contribution in [0.3, 0.4) is 0 Å². The average Bonchev–Trinajstić information content (AvgIpc) is 2.80. The molecule has 2 heterocycles. The van der Waals surface area contributed by atoms with E-state index in [0.717, 1.165) is 38.4 Å². The maximum atomic E-state index is 11.6. The van der Waals surface area contributed by atoms with E-state index in [-0.39, 0.29) is 35.5 Å². The smallest absolute Gasteiger partial charge is 0.191 e. The molecule has 2 atom stereocenters. The van der Waals surface area contributed by atoms with Crippen LogP contribution in [0.15, 0.2) is 4.99 Å². The van der Waals surface area contributed by atoms with Crippen LogP contribution < -0.4 is 10.6 Å². The lowest BCUT2D eigenvalue weighted by Gasteiger charge is -2.36. The molecule has 2 N–H and O–H groups in total. The number of halogens is 1. The average molecular weight is 487 g/mol. The van der Waals surface area contributed by atoms with E-state index in [4.69, 9.17) is 4.74 Å². The Bertz CT molecular complexity index is 549. The number of hydrogen-bond acceptors (Lipinski definition) is 4. The fraction of sp³-hybridized carbons (Fsp3) is 0.941. The summed E-state index contributed by atoms with van der Waals surface area (Å²) in [5, 5.41) is 6.88. The van der Waals surface area contributed by atoms with Gasteiger partial charge in [0, 0.05) is 25.7 Å². The Labute approximate surface area is 169 Å². The second kappa shape index (κ2) is 9.73. The van der Waals surface area contributed by atoms with E-state index in [9.17, 15) is 8.42 Å². The number of nitrogens with zero attached hydrogens (tertiary/aromatic N) is 1. The minimum atomic E-state index is -2.83. The van der Waals surface area contributed by atoms with Crippen molar-refractivity contribution in [1.82, 2.24) is 10.6 Å². The first-order chi connectivity index (χ1) is 11.2. The van der Waals surface area contributed by atoms with Crippen molar-refractivity contribution in [2.45, 2.75) is 58.6 Å². The zero-order valence-corrected chi connectivity index (χ0v) is 19.0. The van der Waals surface area contributed by atoms with Crippen molar-refractivity contribution in [2.75, 3.05) is 31.2 Å². The first-order valence-electron chi connectivity index (χ1n) is 9.04. The summed E-state index contributed by atoms with van der Waals surface area (Å²) in [7, 11) is -2.83. The Hall–Kier alpha value is -0.0900. The summed E-state index contributed by atoms with van der Waals surface area (Å²) in [5.41, 5.74) is -0.112. The van der Waals surface area contributed by atoms with Gasteiger partial charge in [-0.25, -0.2) is 8.42 Å². The predicted octanol–water partition coefficient (Wildman–Crippen LogP) is 2.19. The van der Waals surface area contributed by atoms with Crippen molar-refractivity contribution >= 4 is 39.8 Å². The van der Waals surface area contributed by atoms with E-state index in [1.807, 2.05) is 0 Å². The molecule has 0 aromatic heterocycles. The van der Waals surface area contributed by atoms with Crippen molar-refractivity contribution in [3.05, 3.63) is 0 Å². The minimum Gasteiger partial charge on any atom is -0.375 e. The fourth-order valence-corrected chi connectivity index (χ4v) is 5.11. The van der Waals surface area contributed by atoms with E-state index in [1.54, 1.807) is 0 Å². The number of rotatable bonds is 5. The minimum absolute atomic E-state index is 0. The van der Waals surface area contributed by atoms with Crippen LogP contribution in [0, 0.1) is 11.8 Å². The number of nitrogens with one attached hydrogen (secondary N) is 2. The maximum absolute atomic E-state index is 11.6. The fourth-order valence-electron chi connectivity index (χ4n) is 3.25.